The van der Waals surface area contributed by atoms with Crippen molar-refractivity contribution in [2.24, 2.45) is 0 Å². The number of hydrogen-bond acceptors (Lipinski definition) is 5. The van der Waals surface area contributed by atoms with Gasteiger partial charge in [0.1, 0.15) is 0 Å². The van der Waals surface area contributed by atoms with Crippen molar-refractivity contribution in [1.82, 2.24) is 5.32 Å². The first-order valence-corrected chi connectivity index (χ1v) is 33.6. The number of rotatable bonds is 63. The van der Waals surface area contributed by atoms with Crippen LogP contribution in [0.15, 0.2) is 24.3 Å². The summed E-state index contributed by atoms with van der Waals surface area (Å²) in [6, 6.07) is -0.538. The summed E-state index contributed by atoms with van der Waals surface area (Å²) in [5.41, 5.74) is 0. The highest BCUT2D eigenvalue weighted by Gasteiger charge is 2.20. The molecule has 0 radical (unpaired) electrons. The largest absolute Gasteiger partial charge is 0.466 e. The van der Waals surface area contributed by atoms with Crippen molar-refractivity contribution in [1.29, 1.82) is 0 Å². The summed E-state index contributed by atoms with van der Waals surface area (Å²) in [5.74, 6) is -0.0187. The topological polar surface area (TPSA) is 95.9 Å². The first-order chi connectivity index (χ1) is 36.5. The number of allylic oxidation sites excluding steroid dienone is 4. The lowest BCUT2D eigenvalue weighted by atomic mass is 10.0. The molecule has 0 saturated carbocycles. The lowest BCUT2D eigenvalue weighted by molar-refractivity contribution is -0.143. The lowest BCUT2D eigenvalue weighted by Crippen LogP contribution is -2.45. The molecule has 0 aliphatic heterocycles. The van der Waals surface area contributed by atoms with Crippen LogP contribution in [0.3, 0.4) is 0 Å². The molecule has 0 aromatic carbocycles. The number of nitrogens with one attached hydrogen (secondary N) is 1. The van der Waals surface area contributed by atoms with Crippen molar-refractivity contribution in [2.75, 3.05) is 13.2 Å². The molecule has 2 atom stereocenters. The number of esters is 1. The van der Waals surface area contributed by atoms with Gasteiger partial charge >= 0.3 is 5.97 Å². The standard InChI is InChI=1S/C68H131NO5/c1-3-5-7-9-11-13-14-15-16-17-29-33-36-39-42-46-50-54-58-62-68(73)74-63-59-55-51-47-43-40-37-34-31-28-26-24-22-20-18-19-21-23-25-27-30-32-35-38-41-45-49-53-57-61-67(72)69-65(64-70)66(71)60-56-52-48-44-12-10-8-6-4-2/h15-16,18,20,65-66,70-71H,3-14,17,19,21-64H2,1-2H3,(H,69,72)/b16-15-,20-18-. The van der Waals surface area contributed by atoms with Gasteiger partial charge < -0.3 is 20.3 Å². The molecular formula is C68H131NO5. The highest BCUT2D eigenvalue weighted by atomic mass is 16.5. The molecule has 0 aromatic heterocycles. The molecule has 6 heteroatoms. The van der Waals surface area contributed by atoms with Crippen LogP contribution >= 0.6 is 0 Å². The van der Waals surface area contributed by atoms with Gasteiger partial charge in [-0.25, -0.2) is 0 Å². The van der Waals surface area contributed by atoms with Crippen molar-refractivity contribution in [3.05, 3.63) is 24.3 Å². The number of aliphatic hydroxyl groups excluding tert-OH is 2. The van der Waals surface area contributed by atoms with Crippen LogP contribution in [-0.4, -0.2) is 47.4 Å². The van der Waals surface area contributed by atoms with E-state index in [2.05, 4.69) is 43.5 Å². The molecule has 2 unspecified atom stereocenters. The molecule has 438 valence electrons. The lowest BCUT2D eigenvalue weighted by Gasteiger charge is -2.22. The van der Waals surface area contributed by atoms with Crippen LogP contribution in [0, 0.1) is 0 Å². The maximum atomic E-state index is 12.4. The Morgan fingerprint density at radius 1 is 0.365 bits per heavy atom. The highest BCUT2D eigenvalue weighted by Crippen LogP contribution is 2.18. The summed E-state index contributed by atoms with van der Waals surface area (Å²) in [6.07, 6.45) is 79.4. The molecule has 0 bridgehead atoms. The van der Waals surface area contributed by atoms with Crippen LogP contribution in [-0.2, 0) is 14.3 Å². The molecule has 0 aliphatic rings. The minimum absolute atomic E-state index is 0.0165. The minimum atomic E-state index is -0.661. The Labute approximate surface area is 462 Å². The Morgan fingerprint density at radius 2 is 0.635 bits per heavy atom. The van der Waals surface area contributed by atoms with Crippen molar-refractivity contribution in [2.45, 2.75) is 386 Å². The van der Waals surface area contributed by atoms with Crippen molar-refractivity contribution < 1.29 is 24.5 Å². The summed E-state index contributed by atoms with van der Waals surface area (Å²) in [4.78, 5) is 24.5. The Balaban J connectivity index is 3.32. The van der Waals surface area contributed by atoms with Gasteiger partial charge in [-0.05, 0) is 77.0 Å². The third kappa shape index (κ3) is 59.6. The van der Waals surface area contributed by atoms with Crippen LogP contribution in [0.2, 0.25) is 0 Å². The fraction of sp³-hybridized carbons (Fsp3) is 0.912. The normalized spacial score (nSPS) is 12.6. The van der Waals surface area contributed by atoms with Crippen molar-refractivity contribution in [3.8, 4) is 0 Å². The van der Waals surface area contributed by atoms with Gasteiger partial charge in [-0.15, -0.1) is 0 Å². The van der Waals surface area contributed by atoms with Crippen LogP contribution in [0.4, 0.5) is 0 Å². The highest BCUT2D eigenvalue weighted by molar-refractivity contribution is 5.76. The first kappa shape index (κ1) is 72.3. The third-order valence-corrected chi connectivity index (χ3v) is 15.7. The van der Waals surface area contributed by atoms with Crippen LogP contribution < -0.4 is 5.32 Å². The fourth-order valence-electron chi connectivity index (χ4n) is 10.6. The number of amides is 1. The Morgan fingerprint density at radius 3 is 0.959 bits per heavy atom. The van der Waals surface area contributed by atoms with E-state index in [4.69, 9.17) is 4.74 Å². The van der Waals surface area contributed by atoms with E-state index >= 15 is 0 Å². The molecule has 3 N–H and O–H groups in total. The third-order valence-electron chi connectivity index (χ3n) is 15.7. The predicted molar refractivity (Wildman–Crippen MR) is 324 cm³/mol. The van der Waals surface area contributed by atoms with Crippen molar-refractivity contribution >= 4 is 11.9 Å². The number of hydrogen-bond donors (Lipinski definition) is 3. The second-order valence-electron chi connectivity index (χ2n) is 23.1. The van der Waals surface area contributed by atoms with Crippen LogP contribution in [0.25, 0.3) is 0 Å². The molecule has 1 amide bonds. The summed E-state index contributed by atoms with van der Waals surface area (Å²) >= 11 is 0. The number of unbranched alkanes of at least 4 members (excludes halogenated alkanes) is 48. The maximum absolute atomic E-state index is 12.4. The molecule has 0 spiro atoms. The Kier molecular flexibility index (Phi) is 62.4. The zero-order valence-corrected chi connectivity index (χ0v) is 50.1. The average molecular weight is 1040 g/mol. The Bertz CT molecular complexity index is 1150. The second-order valence-corrected chi connectivity index (χ2v) is 23.1. The molecule has 0 saturated heterocycles. The van der Waals surface area contributed by atoms with E-state index < -0.39 is 12.1 Å². The van der Waals surface area contributed by atoms with E-state index in [1.54, 1.807) is 0 Å². The molecular weight excluding hydrogens is 911 g/mol. The molecule has 6 nitrogen and oxygen atoms in total. The van der Waals surface area contributed by atoms with Gasteiger partial charge in [0.15, 0.2) is 0 Å². The molecule has 74 heavy (non-hydrogen) atoms. The number of carbonyl (C=O) groups excluding carboxylic acids is 2. The van der Waals surface area contributed by atoms with Gasteiger partial charge in [0.2, 0.25) is 5.91 Å². The molecule has 0 rings (SSSR count). The number of carbonyl (C=O) groups is 2. The summed E-state index contributed by atoms with van der Waals surface area (Å²) < 4.78 is 5.51. The molecule has 0 aromatic rings. The maximum Gasteiger partial charge on any atom is 0.305 e. The van der Waals surface area contributed by atoms with Crippen molar-refractivity contribution in [3.63, 3.8) is 0 Å². The zero-order valence-electron chi connectivity index (χ0n) is 50.1. The van der Waals surface area contributed by atoms with Gasteiger partial charge in [-0.3, -0.25) is 9.59 Å². The minimum Gasteiger partial charge on any atom is -0.466 e. The van der Waals surface area contributed by atoms with Gasteiger partial charge in [-0.1, -0.05) is 308 Å². The fourth-order valence-corrected chi connectivity index (χ4v) is 10.6. The van der Waals surface area contributed by atoms with E-state index in [0.29, 0.717) is 25.9 Å². The van der Waals surface area contributed by atoms with Gasteiger partial charge in [0, 0.05) is 12.8 Å². The number of aliphatic hydroxyl groups is 2. The smallest absolute Gasteiger partial charge is 0.305 e. The van der Waals surface area contributed by atoms with Gasteiger partial charge in [0.05, 0.1) is 25.4 Å². The van der Waals surface area contributed by atoms with Crippen LogP contribution in [0.5, 0.6) is 0 Å². The van der Waals surface area contributed by atoms with Gasteiger partial charge in [-0.2, -0.15) is 0 Å². The molecule has 0 heterocycles. The van der Waals surface area contributed by atoms with E-state index in [1.807, 2.05) is 0 Å². The van der Waals surface area contributed by atoms with E-state index in [1.165, 1.54) is 302 Å². The predicted octanol–water partition coefficient (Wildman–Crippen LogP) is 21.4. The van der Waals surface area contributed by atoms with E-state index in [-0.39, 0.29) is 18.5 Å². The summed E-state index contributed by atoms with van der Waals surface area (Å²) in [7, 11) is 0. The summed E-state index contributed by atoms with van der Waals surface area (Å²) in [6.45, 7) is 4.95. The SMILES string of the molecule is CCCCCCCC/C=C\CCCCCCCCCCCC(=O)OCCCCCCCCCCCCCC/C=C\CCCCCCCCCCCCCCCC(=O)NC(CO)C(O)CCCCCCCCCCC. The zero-order chi connectivity index (χ0) is 53.6. The second kappa shape index (κ2) is 63.9. The Hall–Kier alpha value is -1.66. The molecule has 0 aliphatic carbocycles. The molecule has 0 fully saturated rings. The summed E-state index contributed by atoms with van der Waals surface area (Å²) in [5, 5.41) is 23.1. The number of ether oxygens (including phenoxy) is 1. The van der Waals surface area contributed by atoms with E-state index in [0.717, 1.165) is 38.5 Å². The first-order valence-electron chi connectivity index (χ1n) is 33.6. The average Bonchev–Trinajstić information content (AvgIpc) is 3.40. The van der Waals surface area contributed by atoms with Gasteiger partial charge in [0.25, 0.3) is 0 Å². The monoisotopic (exact) mass is 1040 g/mol. The quantitative estimate of drug-likeness (QED) is 0.0320. The van der Waals surface area contributed by atoms with Crippen LogP contribution in [0.1, 0.15) is 373 Å². The van der Waals surface area contributed by atoms with E-state index in [9.17, 15) is 19.8 Å².